The molecule has 0 aliphatic heterocycles. The summed E-state index contributed by atoms with van der Waals surface area (Å²) < 4.78 is 5.42. The molecule has 1 amide bonds. The molecule has 94 valence electrons. The van der Waals surface area contributed by atoms with Crippen LogP contribution in [0.3, 0.4) is 0 Å². The number of carbonyl (C=O) groups excluding carboxylic acids is 1. The molecule has 0 spiro atoms. The monoisotopic (exact) mass is 236 g/mol. The van der Waals surface area contributed by atoms with Crippen LogP contribution in [0.15, 0.2) is 30.3 Å². The molecule has 4 heteroatoms. The van der Waals surface area contributed by atoms with Crippen LogP contribution in [0.1, 0.15) is 12.0 Å². The van der Waals surface area contributed by atoms with Crippen molar-refractivity contribution in [2.75, 3.05) is 26.7 Å². The number of nitrogens with one attached hydrogen (secondary N) is 2. The standard InChI is InChI=1S/C13H20N2O2/c1-14-8-9-15-13(16)7-10-17-11-12-5-3-2-4-6-12/h2-6,14H,7-11H2,1H3,(H,15,16). The molecule has 4 nitrogen and oxygen atoms in total. The Morgan fingerprint density at radius 2 is 2.00 bits per heavy atom. The Balaban J connectivity index is 2.02. The second-order valence-corrected chi connectivity index (χ2v) is 3.74. The lowest BCUT2D eigenvalue weighted by atomic mass is 10.2. The molecule has 1 rings (SSSR count). The van der Waals surface area contributed by atoms with Crippen molar-refractivity contribution in [3.8, 4) is 0 Å². The van der Waals surface area contributed by atoms with Crippen molar-refractivity contribution in [1.29, 1.82) is 0 Å². The lowest BCUT2D eigenvalue weighted by Crippen LogP contribution is -2.30. The van der Waals surface area contributed by atoms with Crippen LogP contribution in [-0.2, 0) is 16.1 Å². The van der Waals surface area contributed by atoms with Crippen molar-refractivity contribution in [3.63, 3.8) is 0 Å². The highest BCUT2D eigenvalue weighted by atomic mass is 16.5. The number of ether oxygens (including phenoxy) is 1. The SMILES string of the molecule is CNCCNC(=O)CCOCc1ccccc1. The lowest BCUT2D eigenvalue weighted by molar-refractivity contribution is -0.122. The Labute approximate surface area is 102 Å². The molecule has 0 bridgehead atoms. The number of benzene rings is 1. The zero-order valence-electron chi connectivity index (χ0n) is 10.2. The van der Waals surface area contributed by atoms with Gasteiger partial charge in [-0.25, -0.2) is 0 Å². The van der Waals surface area contributed by atoms with Gasteiger partial charge in [0.2, 0.25) is 5.91 Å². The molecular formula is C13H20N2O2. The lowest BCUT2D eigenvalue weighted by Gasteiger charge is -2.06. The normalized spacial score (nSPS) is 10.2. The summed E-state index contributed by atoms with van der Waals surface area (Å²) in [6.45, 7) is 2.47. The first-order valence-electron chi connectivity index (χ1n) is 5.86. The van der Waals surface area contributed by atoms with Crippen molar-refractivity contribution in [2.24, 2.45) is 0 Å². The van der Waals surface area contributed by atoms with Crippen LogP contribution in [0.4, 0.5) is 0 Å². The molecular weight excluding hydrogens is 216 g/mol. The molecule has 0 radical (unpaired) electrons. The summed E-state index contributed by atoms with van der Waals surface area (Å²) in [7, 11) is 1.86. The van der Waals surface area contributed by atoms with E-state index in [4.69, 9.17) is 4.74 Å². The van der Waals surface area contributed by atoms with Gasteiger partial charge in [0.1, 0.15) is 0 Å². The number of likely N-dealkylation sites (N-methyl/N-ethyl adjacent to an activating group) is 1. The zero-order chi connectivity index (χ0) is 12.3. The van der Waals surface area contributed by atoms with E-state index in [0.29, 0.717) is 26.2 Å². The van der Waals surface area contributed by atoms with E-state index in [1.165, 1.54) is 0 Å². The minimum atomic E-state index is 0.0355. The number of hydrogen-bond acceptors (Lipinski definition) is 3. The number of amides is 1. The van der Waals surface area contributed by atoms with Crippen LogP contribution in [-0.4, -0.2) is 32.7 Å². The Hall–Kier alpha value is -1.39. The molecule has 1 aromatic carbocycles. The first-order valence-corrected chi connectivity index (χ1v) is 5.86. The summed E-state index contributed by atoms with van der Waals surface area (Å²) >= 11 is 0. The summed E-state index contributed by atoms with van der Waals surface area (Å²) in [6, 6.07) is 9.94. The Bertz CT molecular complexity index is 314. The van der Waals surface area contributed by atoms with Crippen molar-refractivity contribution in [1.82, 2.24) is 10.6 Å². The first-order chi connectivity index (χ1) is 8.33. The van der Waals surface area contributed by atoms with Gasteiger partial charge in [0, 0.05) is 19.5 Å². The first kappa shape index (κ1) is 13.7. The van der Waals surface area contributed by atoms with Gasteiger partial charge in [-0.3, -0.25) is 4.79 Å². The fourth-order valence-electron chi connectivity index (χ4n) is 1.34. The van der Waals surface area contributed by atoms with Crippen LogP contribution in [0, 0.1) is 0 Å². The van der Waals surface area contributed by atoms with Gasteiger partial charge in [0.15, 0.2) is 0 Å². The molecule has 0 heterocycles. The highest BCUT2D eigenvalue weighted by Crippen LogP contribution is 2.00. The Morgan fingerprint density at radius 3 is 2.71 bits per heavy atom. The van der Waals surface area contributed by atoms with Gasteiger partial charge in [-0.05, 0) is 12.6 Å². The van der Waals surface area contributed by atoms with E-state index < -0.39 is 0 Å². The van der Waals surface area contributed by atoms with Gasteiger partial charge in [0.25, 0.3) is 0 Å². The predicted octanol–water partition coefficient (Wildman–Crippen LogP) is 0.929. The van der Waals surface area contributed by atoms with Crippen LogP contribution in [0.5, 0.6) is 0 Å². The van der Waals surface area contributed by atoms with E-state index in [9.17, 15) is 4.79 Å². The van der Waals surface area contributed by atoms with Gasteiger partial charge in [-0.2, -0.15) is 0 Å². The van der Waals surface area contributed by atoms with Crippen molar-refractivity contribution >= 4 is 5.91 Å². The molecule has 0 aliphatic rings. The van der Waals surface area contributed by atoms with Crippen molar-refractivity contribution in [3.05, 3.63) is 35.9 Å². The minimum Gasteiger partial charge on any atom is -0.376 e. The minimum absolute atomic E-state index is 0.0355. The molecule has 0 unspecified atom stereocenters. The maximum atomic E-state index is 11.3. The van der Waals surface area contributed by atoms with Crippen molar-refractivity contribution in [2.45, 2.75) is 13.0 Å². The third-order valence-corrected chi connectivity index (χ3v) is 2.28. The maximum Gasteiger partial charge on any atom is 0.222 e. The van der Waals surface area contributed by atoms with Crippen molar-refractivity contribution < 1.29 is 9.53 Å². The van der Waals surface area contributed by atoms with E-state index in [-0.39, 0.29) is 5.91 Å². The second-order valence-electron chi connectivity index (χ2n) is 3.74. The Kier molecular flexibility index (Phi) is 7.02. The van der Waals surface area contributed by atoms with E-state index >= 15 is 0 Å². The highest BCUT2D eigenvalue weighted by Gasteiger charge is 2.00. The summed E-state index contributed by atoms with van der Waals surface area (Å²) in [4.78, 5) is 11.3. The number of hydrogen-bond donors (Lipinski definition) is 2. The van der Waals surface area contributed by atoms with E-state index in [1.807, 2.05) is 37.4 Å². The fourth-order valence-corrected chi connectivity index (χ4v) is 1.34. The van der Waals surface area contributed by atoms with E-state index in [0.717, 1.165) is 12.1 Å². The maximum absolute atomic E-state index is 11.3. The van der Waals surface area contributed by atoms with Gasteiger partial charge in [-0.15, -0.1) is 0 Å². The van der Waals surface area contributed by atoms with Crippen LogP contribution >= 0.6 is 0 Å². The third-order valence-electron chi connectivity index (χ3n) is 2.28. The number of carbonyl (C=O) groups is 1. The molecule has 0 fully saturated rings. The number of rotatable bonds is 8. The van der Waals surface area contributed by atoms with Crippen LogP contribution < -0.4 is 10.6 Å². The molecule has 1 aromatic rings. The third kappa shape index (κ3) is 6.71. The van der Waals surface area contributed by atoms with Gasteiger partial charge < -0.3 is 15.4 Å². The average Bonchev–Trinajstić information content (AvgIpc) is 2.36. The predicted molar refractivity (Wildman–Crippen MR) is 67.7 cm³/mol. The van der Waals surface area contributed by atoms with Crippen LogP contribution in [0.2, 0.25) is 0 Å². The van der Waals surface area contributed by atoms with E-state index in [2.05, 4.69) is 10.6 Å². The van der Waals surface area contributed by atoms with Crippen LogP contribution in [0.25, 0.3) is 0 Å². The average molecular weight is 236 g/mol. The largest absolute Gasteiger partial charge is 0.376 e. The van der Waals surface area contributed by atoms with Gasteiger partial charge in [-0.1, -0.05) is 30.3 Å². The molecule has 0 aromatic heterocycles. The molecule has 0 atom stereocenters. The zero-order valence-corrected chi connectivity index (χ0v) is 10.2. The second kappa shape index (κ2) is 8.73. The molecule has 2 N–H and O–H groups in total. The summed E-state index contributed by atoms with van der Waals surface area (Å²) in [6.07, 6.45) is 0.413. The summed E-state index contributed by atoms with van der Waals surface area (Å²) in [5.74, 6) is 0.0355. The fraction of sp³-hybridized carbons (Fsp3) is 0.462. The quantitative estimate of drug-likeness (QED) is 0.660. The molecule has 0 saturated heterocycles. The molecule has 0 aliphatic carbocycles. The Morgan fingerprint density at radius 1 is 1.24 bits per heavy atom. The van der Waals surface area contributed by atoms with Gasteiger partial charge in [0.05, 0.1) is 13.2 Å². The summed E-state index contributed by atoms with van der Waals surface area (Å²) in [5.41, 5.74) is 1.13. The molecule has 0 saturated carbocycles. The topological polar surface area (TPSA) is 50.4 Å². The smallest absolute Gasteiger partial charge is 0.222 e. The summed E-state index contributed by atoms with van der Waals surface area (Å²) in [5, 5.41) is 5.77. The highest BCUT2D eigenvalue weighted by molar-refractivity contribution is 5.75. The van der Waals surface area contributed by atoms with Gasteiger partial charge >= 0.3 is 0 Å². The molecule has 17 heavy (non-hydrogen) atoms. The van der Waals surface area contributed by atoms with E-state index in [1.54, 1.807) is 0 Å².